The molecule has 1 unspecified atom stereocenters. The van der Waals surface area contributed by atoms with E-state index >= 15 is 0 Å². The van der Waals surface area contributed by atoms with Gasteiger partial charge in [0, 0.05) is 49.8 Å². The molecule has 2 heterocycles. The summed E-state index contributed by atoms with van der Waals surface area (Å²) in [4.78, 5) is 26.8. The number of aromatic nitrogens is 1. The van der Waals surface area contributed by atoms with Gasteiger partial charge < -0.3 is 10.1 Å². The Hall–Kier alpha value is -4.04. The maximum absolute atomic E-state index is 12.6. The van der Waals surface area contributed by atoms with Gasteiger partial charge in [0.2, 0.25) is 0 Å². The van der Waals surface area contributed by atoms with E-state index in [-0.39, 0.29) is 17.1 Å². The molecule has 12 heteroatoms. The molecule has 3 rings (SSSR count). The standard InChI is InChI=1S/C18H14ClN9O2/c1-30-18(29)15-14(9-23-27-20)24-17(10-4-6-22-7-5-10)25-16(15)12-3-2-11(26-28-21)8-13(12)19/h2-8,16H,9H2,1H3,(H,24,25). The van der Waals surface area contributed by atoms with Crippen LogP contribution in [0, 0.1) is 0 Å². The Morgan fingerprint density at radius 1 is 1.27 bits per heavy atom. The first-order valence-corrected chi connectivity index (χ1v) is 8.88. The Bertz CT molecular complexity index is 1130. The Labute approximate surface area is 175 Å². The second-order valence-corrected chi connectivity index (χ2v) is 6.32. The second-order valence-electron chi connectivity index (χ2n) is 5.91. The maximum atomic E-state index is 12.6. The van der Waals surface area contributed by atoms with Gasteiger partial charge in [-0.3, -0.25) is 9.98 Å². The lowest BCUT2D eigenvalue weighted by molar-refractivity contribution is -0.136. The summed E-state index contributed by atoms with van der Waals surface area (Å²) >= 11 is 6.42. The second kappa shape index (κ2) is 9.44. The quantitative estimate of drug-likeness (QED) is 0.313. The summed E-state index contributed by atoms with van der Waals surface area (Å²) in [5.41, 5.74) is 19.4. The number of hydrogen-bond donors (Lipinski definition) is 1. The Morgan fingerprint density at radius 3 is 2.67 bits per heavy atom. The predicted octanol–water partition coefficient (Wildman–Crippen LogP) is 4.51. The van der Waals surface area contributed by atoms with Gasteiger partial charge in [0.25, 0.3) is 0 Å². The van der Waals surface area contributed by atoms with Crippen LogP contribution < -0.4 is 5.32 Å². The Balaban J connectivity index is 2.21. The lowest BCUT2D eigenvalue weighted by atomic mass is 9.94. The van der Waals surface area contributed by atoms with Crippen molar-refractivity contribution in [1.82, 2.24) is 10.3 Å². The molecule has 1 aromatic carbocycles. The number of azide groups is 2. The van der Waals surface area contributed by atoms with E-state index in [1.54, 1.807) is 36.7 Å². The highest BCUT2D eigenvalue weighted by Crippen LogP contribution is 2.37. The van der Waals surface area contributed by atoms with E-state index in [1.807, 2.05) is 0 Å². The number of halogens is 1. The van der Waals surface area contributed by atoms with Crippen molar-refractivity contribution in [3.05, 3.63) is 91.0 Å². The molecule has 0 spiro atoms. The zero-order valence-electron chi connectivity index (χ0n) is 15.6. The molecule has 0 aliphatic carbocycles. The molecule has 1 atom stereocenters. The van der Waals surface area contributed by atoms with Gasteiger partial charge in [-0.2, -0.15) is 0 Å². The highest BCUT2D eigenvalue weighted by Gasteiger charge is 2.32. The zero-order chi connectivity index (χ0) is 21.5. The first-order valence-electron chi connectivity index (χ1n) is 8.51. The molecule has 11 nitrogen and oxygen atoms in total. The number of nitrogens with zero attached hydrogens (tertiary/aromatic N) is 8. The van der Waals surface area contributed by atoms with Crippen molar-refractivity contribution in [3.63, 3.8) is 0 Å². The third-order valence-electron chi connectivity index (χ3n) is 4.22. The fourth-order valence-electron chi connectivity index (χ4n) is 2.91. The predicted molar refractivity (Wildman–Crippen MR) is 110 cm³/mol. The van der Waals surface area contributed by atoms with Crippen LogP contribution in [0.25, 0.3) is 20.9 Å². The van der Waals surface area contributed by atoms with E-state index in [9.17, 15) is 4.79 Å². The normalized spacial score (nSPS) is 15.3. The SMILES string of the molecule is COC(=O)C1=C(CN=[N+]=[N-])NC(c2ccncc2)=NC1c1ccc(N=[N+]=[N-])cc1Cl. The summed E-state index contributed by atoms with van der Waals surface area (Å²) in [6, 6.07) is 7.28. The Kier molecular flexibility index (Phi) is 6.51. The van der Waals surface area contributed by atoms with Crippen molar-refractivity contribution in [2.45, 2.75) is 6.04 Å². The van der Waals surface area contributed by atoms with E-state index in [2.05, 4.69) is 35.3 Å². The van der Waals surface area contributed by atoms with Crippen LogP contribution in [0.2, 0.25) is 5.02 Å². The first-order chi connectivity index (χ1) is 14.6. The van der Waals surface area contributed by atoms with Gasteiger partial charge in [-0.25, -0.2) is 4.79 Å². The van der Waals surface area contributed by atoms with Gasteiger partial charge in [-0.1, -0.05) is 34.0 Å². The minimum atomic E-state index is -0.849. The average molecular weight is 424 g/mol. The van der Waals surface area contributed by atoms with Crippen molar-refractivity contribution in [2.75, 3.05) is 13.7 Å². The van der Waals surface area contributed by atoms with Gasteiger partial charge in [0.05, 0.1) is 19.2 Å². The van der Waals surface area contributed by atoms with Crippen molar-refractivity contribution in [2.24, 2.45) is 15.2 Å². The van der Waals surface area contributed by atoms with Gasteiger partial charge >= 0.3 is 5.97 Å². The van der Waals surface area contributed by atoms with Crippen LogP contribution in [0.4, 0.5) is 5.69 Å². The highest BCUT2D eigenvalue weighted by atomic mass is 35.5. The van der Waals surface area contributed by atoms with Crippen molar-refractivity contribution in [3.8, 4) is 0 Å². The fraction of sp³-hybridized carbons (Fsp3) is 0.167. The largest absolute Gasteiger partial charge is 0.466 e. The van der Waals surface area contributed by atoms with E-state index in [1.165, 1.54) is 13.2 Å². The van der Waals surface area contributed by atoms with Crippen molar-refractivity contribution >= 4 is 29.1 Å². The van der Waals surface area contributed by atoms with E-state index in [4.69, 9.17) is 27.4 Å². The van der Waals surface area contributed by atoms with Crippen LogP contribution in [0.1, 0.15) is 17.2 Å². The number of aliphatic imine (C=N–C) groups is 1. The van der Waals surface area contributed by atoms with Gasteiger partial charge in [0.15, 0.2) is 0 Å². The molecule has 30 heavy (non-hydrogen) atoms. The molecule has 0 fully saturated rings. The van der Waals surface area contributed by atoms with Crippen LogP contribution in [0.15, 0.2) is 69.2 Å². The summed E-state index contributed by atoms with van der Waals surface area (Å²) in [6.45, 7) is -0.129. The number of rotatable bonds is 6. The summed E-state index contributed by atoms with van der Waals surface area (Å²) in [7, 11) is 1.24. The lowest BCUT2D eigenvalue weighted by Crippen LogP contribution is -2.35. The van der Waals surface area contributed by atoms with Crippen LogP contribution in [-0.4, -0.2) is 30.4 Å². The van der Waals surface area contributed by atoms with Crippen molar-refractivity contribution < 1.29 is 9.53 Å². The average Bonchev–Trinajstić information content (AvgIpc) is 2.77. The van der Waals surface area contributed by atoms with Crippen molar-refractivity contribution in [1.29, 1.82) is 0 Å². The molecule has 0 bridgehead atoms. The molecule has 1 aromatic heterocycles. The maximum Gasteiger partial charge on any atom is 0.338 e. The molecule has 150 valence electrons. The molecule has 1 N–H and O–H groups in total. The number of ether oxygens (including phenoxy) is 1. The van der Waals surface area contributed by atoms with Crippen LogP contribution >= 0.6 is 11.6 Å². The summed E-state index contributed by atoms with van der Waals surface area (Å²) in [5, 5.41) is 10.4. The molecule has 2 aromatic rings. The molecular formula is C18H14ClN9O2. The summed E-state index contributed by atoms with van der Waals surface area (Å²) in [5.74, 6) is -0.211. The number of carbonyl (C=O) groups excluding carboxylic acids is 1. The van der Waals surface area contributed by atoms with E-state index < -0.39 is 12.0 Å². The topological polar surface area (TPSA) is 161 Å². The number of amidine groups is 1. The molecule has 0 radical (unpaired) electrons. The summed E-state index contributed by atoms with van der Waals surface area (Å²) in [6.07, 6.45) is 3.20. The monoisotopic (exact) mass is 423 g/mol. The molecule has 0 amide bonds. The third-order valence-corrected chi connectivity index (χ3v) is 4.54. The smallest absolute Gasteiger partial charge is 0.338 e. The number of benzene rings is 1. The van der Waals surface area contributed by atoms with E-state index in [0.717, 1.165) is 0 Å². The number of hydrogen-bond acceptors (Lipinski definition) is 7. The minimum absolute atomic E-state index is 0.129. The van der Waals surface area contributed by atoms with E-state index in [0.29, 0.717) is 28.3 Å². The van der Waals surface area contributed by atoms with Gasteiger partial charge in [-0.15, -0.1) is 0 Å². The molecule has 1 aliphatic rings. The Morgan fingerprint density at radius 2 is 2.03 bits per heavy atom. The summed E-state index contributed by atoms with van der Waals surface area (Å²) < 4.78 is 4.93. The fourth-order valence-corrected chi connectivity index (χ4v) is 3.18. The number of carbonyl (C=O) groups is 1. The molecule has 1 aliphatic heterocycles. The van der Waals surface area contributed by atoms with Gasteiger partial charge in [-0.05, 0) is 29.3 Å². The van der Waals surface area contributed by atoms with Crippen LogP contribution in [0.5, 0.6) is 0 Å². The van der Waals surface area contributed by atoms with Gasteiger partial charge in [0.1, 0.15) is 11.9 Å². The molecule has 0 saturated carbocycles. The zero-order valence-corrected chi connectivity index (χ0v) is 16.4. The van der Waals surface area contributed by atoms with Crippen LogP contribution in [-0.2, 0) is 9.53 Å². The number of esters is 1. The molecular weight excluding hydrogens is 410 g/mol. The number of pyridine rings is 1. The highest BCUT2D eigenvalue weighted by molar-refractivity contribution is 6.31. The lowest BCUT2D eigenvalue weighted by Gasteiger charge is -2.27. The first kappa shape index (κ1) is 20.7. The third kappa shape index (κ3) is 4.34. The number of nitrogens with one attached hydrogen (secondary N) is 1. The minimum Gasteiger partial charge on any atom is -0.466 e. The van der Waals surface area contributed by atoms with Crippen LogP contribution in [0.3, 0.4) is 0 Å². The molecule has 0 saturated heterocycles. The number of methoxy groups -OCH3 is 1.